The van der Waals surface area contributed by atoms with Gasteiger partial charge in [0.25, 0.3) is 11.8 Å². The Hall–Kier alpha value is -2.88. The topological polar surface area (TPSA) is 123 Å². The standard InChI is InChI=1S/C17H22N6O4/c1-26-10-5-12-21-13(27-22-12)11-20-16(24)14-15(19-7-6-18-14)17(25)23-8-3-2-4-9-23/h6-7H,2-5,8-11H2,1H3,(H,20,24). The summed E-state index contributed by atoms with van der Waals surface area (Å²) < 4.78 is 10.0. The van der Waals surface area contributed by atoms with Crippen LogP contribution in [0.1, 0.15) is 52.0 Å². The number of amides is 2. The maximum Gasteiger partial charge on any atom is 0.274 e. The molecular weight excluding hydrogens is 352 g/mol. The molecule has 3 heterocycles. The fourth-order valence-electron chi connectivity index (χ4n) is 2.80. The van der Waals surface area contributed by atoms with E-state index in [0.29, 0.717) is 31.9 Å². The van der Waals surface area contributed by atoms with Crippen molar-refractivity contribution in [3.05, 3.63) is 35.5 Å². The van der Waals surface area contributed by atoms with Crippen LogP contribution in [-0.2, 0) is 17.7 Å². The average Bonchev–Trinajstić information content (AvgIpc) is 3.18. The van der Waals surface area contributed by atoms with Gasteiger partial charge in [-0.15, -0.1) is 0 Å². The zero-order valence-electron chi connectivity index (χ0n) is 15.2. The SMILES string of the molecule is COCCc1noc(CNC(=O)c2nccnc2C(=O)N2CCCCC2)n1. The number of likely N-dealkylation sites (tertiary alicyclic amines) is 1. The minimum atomic E-state index is -0.514. The van der Waals surface area contributed by atoms with Gasteiger partial charge in [-0.05, 0) is 19.3 Å². The smallest absolute Gasteiger partial charge is 0.274 e. The highest BCUT2D eigenvalue weighted by molar-refractivity contribution is 6.04. The monoisotopic (exact) mass is 374 g/mol. The van der Waals surface area contributed by atoms with Crippen molar-refractivity contribution in [2.45, 2.75) is 32.2 Å². The number of methoxy groups -OCH3 is 1. The molecule has 0 saturated carbocycles. The van der Waals surface area contributed by atoms with Crippen molar-refractivity contribution >= 4 is 11.8 Å². The lowest BCUT2D eigenvalue weighted by molar-refractivity contribution is 0.0711. The Morgan fingerprint density at radius 2 is 1.93 bits per heavy atom. The number of ether oxygens (including phenoxy) is 1. The number of nitrogens with zero attached hydrogens (tertiary/aromatic N) is 5. The summed E-state index contributed by atoms with van der Waals surface area (Å²) in [6.07, 6.45) is 6.33. The van der Waals surface area contributed by atoms with E-state index in [4.69, 9.17) is 9.26 Å². The van der Waals surface area contributed by atoms with E-state index in [1.165, 1.54) is 12.4 Å². The molecule has 2 aromatic heterocycles. The number of hydrogen-bond acceptors (Lipinski definition) is 8. The second kappa shape index (κ2) is 9.17. The minimum Gasteiger partial charge on any atom is -0.384 e. The van der Waals surface area contributed by atoms with Crippen LogP contribution in [0.25, 0.3) is 0 Å². The molecule has 27 heavy (non-hydrogen) atoms. The maximum absolute atomic E-state index is 12.7. The zero-order valence-corrected chi connectivity index (χ0v) is 15.2. The van der Waals surface area contributed by atoms with Gasteiger partial charge < -0.3 is 19.5 Å². The highest BCUT2D eigenvalue weighted by Gasteiger charge is 2.25. The summed E-state index contributed by atoms with van der Waals surface area (Å²) in [4.78, 5) is 39.2. The number of aromatic nitrogens is 4. The molecule has 0 bridgehead atoms. The highest BCUT2D eigenvalue weighted by atomic mass is 16.5. The molecule has 2 amide bonds. The lowest BCUT2D eigenvalue weighted by Gasteiger charge is -2.26. The molecule has 10 nitrogen and oxygen atoms in total. The van der Waals surface area contributed by atoms with Gasteiger partial charge in [0, 0.05) is 39.0 Å². The molecule has 0 spiro atoms. The molecule has 0 radical (unpaired) electrons. The Bertz CT molecular complexity index is 787. The first-order valence-corrected chi connectivity index (χ1v) is 8.88. The lowest BCUT2D eigenvalue weighted by Crippen LogP contribution is -2.38. The third-order valence-electron chi connectivity index (χ3n) is 4.20. The Morgan fingerprint density at radius 3 is 2.67 bits per heavy atom. The first-order valence-electron chi connectivity index (χ1n) is 8.88. The van der Waals surface area contributed by atoms with Gasteiger partial charge in [0.1, 0.15) is 0 Å². The molecule has 0 atom stereocenters. The molecule has 0 aliphatic carbocycles. The van der Waals surface area contributed by atoms with Gasteiger partial charge in [-0.25, -0.2) is 9.97 Å². The molecule has 1 N–H and O–H groups in total. The predicted octanol–water partition coefficient (Wildman–Crippen LogP) is 0.605. The van der Waals surface area contributed by atoms with E-state index >= 15 is 0 Å². The van der Waals surface area contributed by atoms with E-state index in [-0.39, 0.29) is 29.7 Å². The number of nitrogens with one attached hydrogen (secondary N) is 1. The molecule has 2 aromatic rings. The predicted molar refractivity (Wildman–Crippen MR) is 92.8 cm³/mol. The summed E-state index contributed by atoms with van der Waals surface area (Å²) in [7, 11) is 1.59. The normalized spacial score (nSPS) is 14.2. The quantitative estimate of drug-likeness (QED) is 0.747. The van der Waals surface area contributed by atoms with E-state index in [9.17, 15) is 9.59 Å². The zero-order chi connectivity index (χ0) is 19.1. The highest BCUT2D eigenvalue weighted by Crippen LogP contribution is 2.13. The fourth-order valence-corrected chi connectivity index (χ4v) is 2.80. The number of piperidine rings is 1. The fraction of sp³-hybridized carbons (Fsp3) is 0.529. The number of carbonyl (C=O) groups is 2. The molecule has 10 heteroatoms. The largest absolute Gasteiger partial charge is 0.384 e. The Balaban J connectivity index is 1.64. The van der Waals surface area contributed by atoms with Gasteiger partial charge in [-0.2, -0.15) is 4.98 Å². The van der Waals surface area contributed by atoms with Crippen LogP contribution in [0, 0.1) is 0 Å². The maximum atomic E-state index is 12.7. The molecule has 0 unspecified atom stereocenters. The van der Waals surface area contributed by atoms with Crippen molar-refractivity contribution in [2.24, 2.45) is 0 Å². The molecule has 1 saturated heterocycles. The number of hydrogen-bond donors (Lipinski definition) is 1. The van der Waals surface area contributed by atoms with Gasteiger partial charge in [-0.3, -0.25) is 9.59 Å². The third-order valence-corrected chi connectivity index (χ3v) is 4.20. The van der Waals surface area contributed by atoms with E-state index in [1.54, 1.807) is 12.0 Å². The number of carbonyl (C=O) groups excluding carboxylic acids is 2. The molecule has 144 valence electrons. The summed E-state index contributed by atoms with van der Waals surface area (Å²) in [6, 6.07) is 0. The van der Waals surface area contributed by atoms with Crippen molar-refractivity contribution in [3.63, 3.8) is 0 Å². The van der Waals surface area contributed by atoms with Crippen LogP contribution in [0.2, 0.25) is 0 Å². The van der Waals surface area contributed by atoms with Crippen LogP contribution >= 0.6 is 0 Å². The Kier molecular flexibility index (Phi) is 6.42. The van der Waals surface area contributed by atoms with Crippen LogP contribution in [-0.4, -0.2) is 63.6 Å². The minimum absolute atomic E-state index is 0.00723. The van der Waals surface area contributed by atoms with Crippen LogP contribution in [0.4, 0.5) is 0 Å². The second-order valence-electron chi connectivity index (χ2n) is 6.14. The van der Waals surface area contributed by atoms with Gasteiger partial charge in [0.15, 0.2) is 17.2 Å². The van der Waals surface area contributed by atoms with E-state index in [2.05, 4.69) is 25.4 Å². The van der Waals surface area contributed by atoms with Crippen molar-refractivity contribution in [2.75, 3.05) is 26.8 Å². The van der Waals surface area contributed by atoms with Gasteiger partial charge in [0.05, 0.1) is 13.2 Å². The summed E-state index contributed by atoms with van der Waals surface area (Å²) in [6.45, 7) is 1.85. The molecule has 0 aromatic carbocycles. The molecular formula is C17H22N6O4. The van der Waals surface area contributed by atoms with Crippen LogP contribution in [0.15, 0.2) is 16.9 Å². The van der Waals surface area contributed by atoms with Crippen LogP contribution < -0.4 is 5.32 Å². The summed E-state index contributed by atoms with van der Waals surface area (Å²) in [5.41, 5.74) is 0.0513. The first-order chi connectivity index (χ1) is 13.2. The first kappa shape index (κ1) is 18.9. The average molecular weight is 374 g/mol. The Labute approximate surface area is 156 Å². The van der Waals surface area contributed by atoms with E-state index < -0.39 is 5.91 Å². The van der Waals surface area contributed by atoms with Crippen molar-refractivity contribution < 1.29 is 18.8 Å². The second-order valence-corrected chi connectivity index (χ2v) is 6.14. The summed E-state index contributed by atoms with van der Waals surface area (Å²) in [5.74, 6) is -0.0171. The Morgan fingerprint density at radius 1 is 1.19 bits per heavy atom. The van der Waals surface area contributed by atoms with Crippen molar-refractivity contribution in [1.82, 2.24) is 30.3 Å². The van der Waals surface area contributed by atoms with E-state index in [0.717, 1.165) is 19.3 Å². The van der Waals surface area contributed by atoms with Gasteiger partial charge in [0.2, 0.25) is 5.89 Å². The lowest BCUT2D eigenvalue weighted by atomic mass is 10.1. The summed E-state index contributed by atoms with van der Waals surface area (Å²) in [5, 5.41) is 6.45. The van der Waals surface area contributed by atoms with Crippen LogP contribution in [0.3, 0.4) is 0 Å². The van der Waals surface area contributed by atoms with Crippen molar-refractivity contribution in [1.29, 1.82) is 0 Å². The van der Waals surface area contributed by atoms with Crippen LogP contribution in [0.5, 0.6) is 0 Å². The van der Waals surface area contributed by atoms with Gasteiger partial charge >= 0.3 is 0 Å². The number of rotatable bonds is 7. The summed E-state index contributed by atoms with van der Waals surface area (Å²) >= 11 is 0. The molecule has 1 aliphatic heterocycles. The molecule has 1 aliphatic rings. The molecule has 1 fully saturated rings. The van der Waals surface area contributed by atoms with E-state index in [1.807, 2.05) is 0 Å². The molecule has 3 rings (SSSR count). The third kappa shape index (κ3) is 4.85. The van der Waals surface area contributed by atoms with Gasteiger partial charge in [-0.1, -0.05) is 5.16 Å². The van der Waals surface area contributed by atoms with Crippen molar-refractivity contribution in [3.8, 4) is 0 Å².